The molecule has 1 aliphatic carbocycles. The zero-order valence-electron chi connectivity index (χ0n) is 10.1. The van der Waals surface area contributed by atoms with Crippen LogP contribution in [0.15, 0.2) is 33.6 Å². The smallest absolute Gasteiger partial charge is 0.263 e. The Morgan fingerprint density at radius 1 is 1.25 bits per heavy atom. The number of fused-ring (bicyclic) bond motifs is 1. The highest BCUT2D eigenvalue weighted by Crippen LogP contribution is 2.60. The number of nitrogens with zero attached hydrogens (tertiary/aromatic N) is 2. The van der Waals surface area contributed by atoms with E-state index in [9.17, 15) is 21.6 Å². The first-order valence-corrected chi connectivity index (χ1v) is 7.19. The lowest BCUT2D eigenvalue weighted by Crippen LogP contribution is -2.50. The van der Waals surface area contributed by atoms with E-state index >= 15 is 0 Å². The van der Waals surface area contributed by atoms with E-state index in [4.69, 9.17) is 5.84 Å². The predicted molar refractivity (Wildman–Crippen MR) is 65.5 cm³/mol. The van der Waals surface area contributed by atoms with Crippen molar-refractivity contribution >= 4 is 21.5 Å². The van der Waals surface area contributed by atoms with Crippen LogP contribution in [0.3, 0.4) is 0 Å². The molecule has 1 fully saturated rings. The number of nitrogens with two attached hydrogens (primary N) is 1. The first-order valence-electron chi connectivity index (χ1n) is 5.75. The number of benzene rings is 1. The summed E-state index contributed by atoms with van der Waals surface area (Å²) in [4.78, 5) is -0.191. The summed E-state index contributed by atoms with van der Waals surface area (Å²) in [7, 11) is -4.16. The van der Waals surface area contributed by atoms with Crippen LogP contribution in [0.1, 0.15) is 12.8 Å². The number of hydrogen-bond acceptors (Lipinski definition) is 4. The molecule has 20 heavy (non-hydrogen) atoms. The molecule has 0 unspecified atom stereocenters. The molecule has 1 aromatic carbocycles. The third-order valence-electron chi connectivity index (χ3n) is 3.56. The van der Waals surface area contributed by atoms with Crippen molar-refractivity contribution in [3.05, 3.63) is 24.3 Å². The molecule has 1 saturated carbocycles. The van der Waals surface area contributed by atoms with Crippen LogP contribution in [-0.2, 0) is 10.0 Å². The van der Waals surface area contributed by atoms with Crippen molar-refractivity contribution in [2.24, 2.45) is 15.7 Å². The molecule has 0 radical (unpaired) electrons. The summed E-state index contributed by atoms with van der Waals surface area (Å²) in [5.74, 6) is 5.02. The zero-order valence-corrected chi connectivity index (χ0v) is 10.9. The van der Waals surface area contributed by atoms with Crippen molar-refractivity contribution in [3.8, 4) is 0 Å². The fraction of sp³-hybridized carbons (Fsp3) is 0.364. The number of hydrazine groups is 1. The summed E-state index contributed by atoms with van der Waals surface area (Å²) >= 11 is 0. The minimum atomic E-state index is -4.58. The van der Waals surface area contributed by atoms with Gasteiger partial charge in [-0.15, -0.1) is 4.40 Å². The average molecular weight is 305 g/mol. The van der Waals surface area contributed by atoms with Crippen molar-refractivity contribution in [2.75, 3.05) is 5.01 Å². The van der Waals surface area contributed by atoms with Crippen LogP contribution in [0, 0.1) is 5.41 Å². The van der Waals surface area contributed by atoms with Gasteiger partial charge in [0.2, 0.25) is 0 Å². The first-order chi connectivity index (χ1) is 9.19. The molecule has 0 amide bonds. The fourth-order valence-electron chi connectivity index (χ4n) is 2.27. The van der Waals surface area contributed by atoms with Crippen molar-refractivity contribution in [2.45, 2.75) is 23.9 Å². The predicted octanol–water partition coefficient (Wildman–Crippen LogP) is 1.81. The molecule has 2 N–H and O–H groups in total. The number of sulfonamides is 1. The molecule has 0 bridgehead atoms. The normalized spacial score (nSPS) is 23.0. The lowest BCUT2D eigenvalue weighted by Gasteiger charge is -2.32. The lowest BCUT2D eigenvalue weighted by molar-refractivity contribution is -0.165. The highest BCUT2D eigenvalue weighted by atomic mass is 32.2. The molecule has 108 valence electrons. The molecule has 9 heteroatoms. The van der Waals surface area contributed by atoms with Gasteiger partial charge in [-0.25, -0.2) is 5.84 Å². The minimum absolute atomic E-state index is 0.00743. The number of anilines is 1. The number of alkyl halides is 3. The fourth-order valence-corrected chi connectivity index (χ4v) is 3.54. The first kappa shape index (κ1) is 13.4. The topological polar surface area (TPSA) is 75.8 Å². The van der Waals surface area contributed by atoms with Gasteiger partial charge in [0.15, 0.2) is 5.84 Å². The Balaban J connectivity index is 2.20. The second-order valence-electron chi connectivity index (χ2n) is 4.81. The van der Waals surface area contributed by atoms with Crippen LogP contribution < -0.4 is 10.9 Å². The van der Waals surface area contributed by atoms with Crippen molar-refractivity contribution in [3.63, 3.8) is 0 Å². The Morgan fingerprint density at radius 3 is 2.40 bits per heavy atom. The van der Waals surface area contributed by atoms with Gasteiger partial charge in [-0.1, -0.05) is 12.1 Å². The van der Waals surface area contributed by atoms with Crippen LogP contribution >= 0.6 is 0 Å². The summed E-state index contributed by atoms with van der Waals surface area (Å²) in [5, 5.41) is 0.733. The third kappa shape index (κ3) is 1.66. The number of para-hydroxylation sites is 1. The summed E-state index contributed by atoms with van der Waals surface area (Å²) < 4.78 is 66.7. The second kappa shape index (κ2) is 3.73. The molecule has 0 spiro atoms. The molecule has 2 aliphatic rings. The molecule has 3 rings (SSSR count). The summed E-state index contributed by atoms with van der Waals surface area (Å²) in [6, 6.07) is 5.58. The van der Waals surface area contributed by atoms with Gasteiger partial charge in [-0.05, 0) is 25.0 Å². The van der Waals surface area contributed by atoms with Crippen LogP contribution in [0.2, 0.25) is 0 Å². The van der Waals surface area contributed by atoms with Crippen LogP contribution in [0.4, 0.5) is 18.9 Å². The standard InChI is InChI=1S/C11H10F3N3O2S/c12-11(13,14)10(5-6-10)9-16-20(18,19)8-4-2-1-3-7(8)17(9)15/h1-4H,5-6,15H2. The second-order valence-corrected chi connectivity index (χ2v) is 6.38. The van der Waals surface area contributed by atoms with Crippen molar-refractivity contribution in [1.82, 2.24) is 0 Å². The van der Waals surface area contributed by atoms with E-state index in [1.807, 2.05) is 0 Å². The maximum Gasteiger partial charge on any atom is 0.401 e. The average Bonchev–Trinajstić information content (AvgIpc) is 3.15. The number of halogens is 3. The molecule has 0 aromatic heterocycles. The van der Waals surface area contributed by atoms with E-state index in [2.05, 4.69) is 4.40 Å². The molecule has 0 atom stereocenters. The summed E-state index contributed by atoms with van der Waals surface area (Å²) in [5.41, 5.74) is -2.24. The van der Waals surface area contributed by atoms with Gasteiger partial charge in [0.25, 0.3) is 10.0 Å². The molecule has 1 aromatic rings. The molecule has 0 saturated heterocycles. The van der Waals surface area contributed by atoms with Crippen LogP contribution in [0.5, 0.6) is 0 Å². The molecule has 5 nitrogen and oxygen atoms in total. The third-order valence-corrected chi connectivity index (χ3v) is 4.87. The molecular weight excluding hydrogens is 295 g/mol. The van der Waals surface area contributed by atoms with Gasteiger partial charge in [0.1, 0.15) is 10.3 Å². The number of amidine groups is 1. The van der Waals surface area contributed by atoms with E-state index in [0.717, 1.165) is 5.01 Å². The highest BCUT2D eigenvalue weighted by Gasteiger charge is 2.68. The number of rotatable bonds is 1. The number of hydrogen-bond donors (Lipinski definition) is 1. The Morgan fingerprint density at radius 2 is 1.85 bits per heavy atom. The largest absolute Gasteiger partial charge is 0.401 e. The van der Waals surface area contributed by atoms with Gasteiger partial charge in [-0.2, -0.15) is 21.6 Å². The van der Waals surface area contributed by atoms with E-state index < -0.39 is 27.5 Å². The van der Waals surface area contributed by atoms with Crippen LogP contribution in [-0.4, -0.2) is 20.4 Å². The van der Waals surface area contributed by atoms with Crippen molar-refractivity contribution < 1.29 is 21.6 Å². The Bertz CT molecular complexity index is 708. The van der Waals surface area contributed by atoms with Gasteiger partial charge in [0.05, 0.1) is 5.69 Å². The van der Waals surface area contributed by atoms with Gasteiger partial charge >= 0.3 is 6.18 Å². The zero-order chi connectivity index (χ0) is 14.8. The Labute approximate surface area is 112 Å². The van der Waals surface area contributed by atoms with Crippen molar-refractivity contribution in [1.29, 1.82) is 0 Å². The summed E-state index contributed by atoms with van der Waals surface area (Å²) in [6.45, 7) is 0. The Hall–Kier alpha value is -1.61. The SMILES string of the molecule is NN1C(C2(C(F)(F)F)CC2)=NS(=O)(=O)c2ccccc21. The maximum atomic E-state index is 13.1. The minimum Gasteiger partial charge on any atom is -0.263 e. The van der Waals surface area contributed by atoms with E-state index in [-0.39, 0.29) is 23.4 Å². The Kier molecular flexibility index (Phi) is 2.49. The van der Waals surface area contributed by atoms with E-state index in [1.54, 1.807) is 0 Å². The maximum absolute atomic E-state index is 13.1. The monoisotopic (exact) mass is 305 g/mol. The quantitative estimate of drug-likeness (QED) is 0.803. The van der Waals surface area contributed by atoms with Gasteiger partial charge in [-0.3, -0.25) is 5.01 Å². The molecule has 1 aliphatic heterocycles. The summed E-state index contributed by atoms with van der Waals surface area (Å²) in [6.07, 6.45) is -4.99. The molecule has 1 heterocycles. The van der Waals surface area contributed by atoms with Crippen LogP contribution in [0.25, 0.3) is 0 Å². The van der Waals surface area contributed by atoms with Gasteiger partial charge < -0.3 is 0 Å². The van der Waals surface area contributed by atoms with E-state index in [1.165, 1.54) is 24.3 Å². The van der Waals surface area contributed by atoms with Gasteiger partial charge in [0, 0.05) is 0 Å². The van der Waals surface area contributed by atoms with E-state index in [0.29, 0.717) is 0 Å². The highest BCUT2D eigenvalue weighted by molar-refractivity contribution is 7.90. The lowest BCUT2D eigenvalue weighted by atomic mass is 10.0. The molecular formula is C11H10F3N3O2S.